The van der Waals surface area contributed by atoms with E-state index in [9.17, 15) is 13.2 Å². The second-order valence-corrected chi connectivity index (χ2v) is 9.08. The average molecular weight is 404 g/mol. The monoisotopic (exact) mass is 404 g/mol. The summed E-state index contributed by atoms with van der Waals surface area (Å²) in [6.45, 7) is 3.75. The Hall–Kier alpha value is -2.61. The minimum atomic E-state index is -2.99. The zero-order valence-corrected chi connectivity index (χ0v) is 17.2. The Labute approximate surface area is 164 Å². The quantitative estimate of drug-likeness (QED) is 0.543. The van der Waals surface area contributed by atoms with Crippen LogP contribution in [0.2, 0.25) is 0 Å². The Morgan fingerprint density at radius 1 is 1.21 bits per heavy atom. The molecule has 28 heavy (non-hydrogen) atoms. The van der Waals surface area contributed by atoms with Crippen molar-refractivity contribution in [2.45, 2.75) is 26.3 Å². The van der Waals surface area contributed by atoms with Crippen molar-refractivity contribution in [1.29, 1.82) is 0 Å². The number of carbonyl (C=O) groups is 1. The van der Waals surface area contributed by atoms with Crippen molar-refractivity contribution in [1.82, 2.24) is 9.78 Å². The molecule has 0 unspecified atom stereocenters. The summed E-state index contributed by atoms with van der Waals surface area (Å²) in [4.78, 5) is 12.6. The number of ether oxygens (including phenoxy) is 2. The lowest BCUT2D eigenvalue weighted by Gasteiger charge is -2.10. The normalized spacial score (nSPS) is 18.5. The number of carbonyl (C=O) groups excluding carboxylic acids is 1. The molecule has 1 aromatic heterocycles. The van der Waals surface area contributed by atoms with Crippen LogP contribution in [0.1, 0.15) is 39.8 Å². The van der Waals surface area contributed by atoms with Crippen LogP contribution in [0.4, 0.5) is 0 Å². The van der Waals surface area contributed by atoms with Crippen LogP contribution < -0.4 is 9.47 Å². The fourth-order valence-electron chi connectivity index (χ4n) is 3.49. The smallest absolute Gasteiger partial charge is 0.185 e. The fourth-order valence-corrected chi connectivity index (χ4v) is 5.18. The lowest BCUT2D eigenvalue weighted by Crippen LogP contribution is -2.13. The largest absolute Gasteiger partial charge is 0.493 e. The molecule has 0 saturated carbocycles. The molecule has 0 radical (unpaired) electrons. The van der Waals surface area contributed by atoms with Crippen LogP contribution in [0.15, 0.2) is 24.3 Å². The van der Waals surface area contributed by atoms with E-state index >= 15 is 0 Å². The van der Waals surface area contributed by atoms with Crippen LogP contribution in [-0.4, -0.2) is 49.7 Å². The van der Waals surface area contributed by atoms with Crippen molar-refractivity contribution in [3.63, 3.8) is 0 Å². The number of nitrogens with zero attached hydrogens (tertiary/aromatic N) is 2. The van der Waals surface area contributed by atoms with E-state index in [0.29, 0.717) is 23.5 Å². The third-order valence-corrected chi connectivity index (χ3v) is 6.76. The highest BCUT2D eigenvalue weighted by Crippen LogP contribution is 2.29. The molecule has 2 heterocycles. The molecule has 1 aromatic carbocycles. The molecule has 0 bridgehead atoms. The van der Waals surface area contributed by atoms with E-state index in [0.717, 1.165) is 17.0 Å². The highest BCUT2D eigenvalue weighted by molar-refractivity contribution is 7.91. The molecule has 150 valence electrons. The van der Waals surface area contributed by atoms with Gasteiger partial charge in [-0.2, -0.15) is 5.10 Å². The van der Waals surface area contributed by atoms with Crippen molar-refractivity contribution in [2.24, 2.45) is 0 Å². The Bertz CT molecular complexity index is 1040. The van der Waals surface area contributed by atoms with E-state index in [1.807, 2.05) is 13.8 Å². The molecule has 0 aliphatic carbocycles. The zero-order valence-electron chi connectivity index (χ0n) is 16.4. The molecule has 3 rings (SSSR count). The molecule has 2 aromatic rings. The van der Waals surface area contributed by atoms with Gasteiger partial charge in [0.1, 0.15) is 0 Å². The van der Waals surface area contributed by atoms with Crippen molar-refractivity contribution >= 4 is 21.7 Å². The lowest BCUT2D eigenvalue weighted by molar-refractivity contribution is 0.104. The number of allylic oxidation sites excluding steroid dienone is 1. The molecular weight excluding hydrogens is 380 g/mol. The van der Waals surface area contributed by atoms with Crippen LogP contribution in [0.3, 0.4) is 0 Å². The Morgan fingerprint density at radius 3 is 2.54 bits per heavy atom. The number of hydrogen-bond acceptors (Lipinski definition) is 6. The van der Waals surface area contributed by atoms with Crippen LogP contribution in [0, 0.1) is 13.8 Å². The maximum absolute atomic E-state index is 12.6. The molecule has 1 atom stereocenters. The third-order valence-electron chi connectivity index (χ3n) is 5.00. The van der Waals surface area contributed by atoms with Crippen LogP contribution >= 0.6 is 0 Å². The standard InChI is InChI=1S/C20H24N2O5S/c1-13-17(14(2)22(21-13)16-9-10-28(24,25)12-16)6-7-18(23)15-5-8-19(26-3)20(11-15)27-4/h5-8,11,16H,9-10,12H2,1-4H3/b7-6+/t16-/m0/s1. The molecule has 1 aliphatic heterocycles. The van der Waals surface area contributed by atoms with Crippen LogP contribution in [-0.2, 0) is 9.84 Å². The minimum Gasteiger partial charge on any atom is -0.493 e. The highest BCUT2D eigenvalue weighted by atomic mass is 32.2. The number of methoxy groups -OCH3 is 2. The number of hydrogen-bond donors (Lipinski definition) is 0. The van der Waals surface area contributed by atoms with E-state index in [1.54, 1.807) is 29.0 Å². The minimum absolute atomic E-state index is 0.114. The van der Waals surface area contributed by atoms with Crippen molar-refractivity contribution < 1.29 is 22.7 Å². The summed E-state index contributed by atoms with van der Waals surface area (Å²) in [5.41, 5.74) is 2.94. The first-order valence-corrected chi connectivity index (χ1v) is 10.8. The van der Waals surface area contributed by atoms with Gasteiger partial charge in [0, 0.05) is 16.8 Å². The predicted molar refractivity (Wildman–Crippen MR) is 107 cm³/mol. The summed E-state index contributed by atoms with van der Waals surface area (Å²) in [5.74, 6) is 1.18. The van der Waals surface area contributed by atoms with Gasteiger partial charge in [-0.05, 0) is 50.6 Å². The van der Waals surface area contributed by atoms with Crippen molar-refractivity contribution in [3.8, 4) is 11.5 Å². The van der Waals surface area contributed by atoms with Gasteiger partial charge >= 0.3 is 0 Å². The number of benzene rings is 1. The number of sulfone groups is 1. The summed E-state index contributed by atoms with van der Waals surface area (Å²) in [7, 11) is 0.0666. The Kier molecular flexibility index (Phi) is 5.60. The van der Waals surface area contributed by atoms with Gasteiger partial charge in [0.2, 0.25) is 0 Å². The summed E-state index contributed by atoms with van der Waals surface area (Å²) < 4.78 is 35.7. The lowest BCUT2D eigenvalue weighted by atomic mass is 10.1. The van der Waals surface area contributed by atoms with Gasteiger partial charge in [0.05, 0.1) is 37.5 Å². The maximum Gasteiger partial charge on any atom is 0.185 e. The van der Waals surface area contributed by atoms with Gasteiger partial charge in [-0.3, -0.25) is 9.48 Å². The van der Waals surface area contributed by atoms with Gasteiger partial charge in [-0.1, -0.05) is 0 Å². The summed E-state index contributed by atoms with van der Waals surface area (Å²) in [6, 6.07) is 4.86. The first-order chi connectivity index (χ1) is 13.3. The molecule has 0 amide bonds. The fraction of sp³-hybridized carbons (Fsp3) is 0.400. The topological polar surface area (TPSA) is 87.5 Å². The summed E-state index contributed by atoms with van der Waals surface area (Å²) in [5, 5.41) is 4.51. The van der Waals surface area contributed by atoms with Gasteiger partial charge < -0.3 is 9.47 Å². The van der Waals surface area contributed by atoms with Crippen molar-refractivity contribution in [3.05, 3.63) is 46.8 Å². The number of rotatable bonds is 6. The number of ketones is 1. The van der Waals surface area contributed by atoms with Gasteiger partial charge in [0.15, 0.2) is 27.1 Å². The average Bonchev–Trinajstić information content (AvgIpc) is 3.17. The van der Waals surface area contributed by atoms with Gasteiger partial charge in [0.25, 0.3) is 0 Å². The first kappa shape index (κ1) is 20.1. The van der Waals surface area contributed by atoms with Gasteiger partial charge in [-0.25, -0.2) is 8.42 Å². The van der Waals surface area contributed by atoms with Crippen LogP contribution in [0.5, 0.6) is 11.5 Å². The van der Waals surface area contributed by atoms with Gasteiger partial charge in [-0.15, -0.1) is 0 Å². The second kappa shape index (κ2) is 7.79. The van der Waals surface area contributed by atoms with E-state index in [4.69, 9.17) is 9.47 Å². The molecule has 1 aliphatic rings. The molecule has 1 saturated heterocycles. The van der Waals surface area contributed by atoms with E-state index < -0.39 is 9.84 Å². The zero-order chi connectivity index (χ0) is 20.5. The van der Waals surface area contributed by atoms with E-state index in [1.165, 1.54) is 20.3 Å². The van der Waals surface area contributed by atoms with Crippen LogP contribution in [0.25, 0.3) is 6.08 Å². The number of aryl methyl sites for hydroxylation is 1. The highest BCUT2D eigenvalue weighted by Gasteiger charge is 2.31. The first-order valence-electron chi connectivity index (χ1n) is 8.96. The third kappa shape index (κ3) is 3.96. The van der Waals surface area contributed by atoms with E-state index in [-0.39, 0.29) is 23.3 Å². The van der Waals surface area contributed by atoms with E-state index in [2.05, 4.69) is 5.10 Å². The molecule has 8 heteroatoms. The second-order valence-electron chi connectivity index (χ2n) is 6.85. The maximum atomic E-state index is 12.6. The molecule has 0 N–H and O–H groups in total. The Morgan fingerprint density at radius 2 is 1.93 bits per heavy atom. The summed E-state index contributed by atoms with van der Waals surface area (Å²) >= 11 is 0. The molecule has 7 nitrogen and oxygen atoms in total. The number of aromatic nitrogens is 2. The molecule has 0 spiro atoms. The summed E-state index contributed by atoms with van der Waals surface area (Å²) in [6.07, 6.45) is 3.79. The Balaban J connectivity index is 1.84. The molecular formula is C20H24N2O5S. The molecule has 1 fully saturated rings. The SMILES string of the molecule is COc1ccc(C(=O)/C=C/c2c(C)nn([C@H]3CCS(=O)(=O)C3)c2C)cc1OC. The predicted octanol–water partition coefficient (Wildman–Crippen LogP) is 2.77. The van der Waals surface area contributed by atoms with Crippen molar-refractivity contribution in [2.75, 3.05) is 25.7 Å².